The van der Waals surface area contributed by atoms with Crippen molar-refractivity contribution in [1.82, 2.24) is 9.66 Å². The quantitative estimate of drug-likeness (QED) is 0.214. The van der Waals surface area contributed by atoms with E-state index in [2.05, 4.69) is 31.3 Å². The van der Waals surface area contributed by atoms with Gasteiger partial charge < -0.3 is 14.8 Å². The summed E-state index contributed by atoms with van der Waals surface area (Å²) < 4.78 is 26.8. The van der Waals surface area contributed by atoms with Crippen LogP contribution < -0.4 is 20.3 Å². The standard InChI is InChI=1S/C28H25BrClFN4O4/c1-3-6-25-34-23-10-9-18(29)13-21(23)28(37)35(25)32-15-17-11-22(30)27(24(12-17)38-4-2)39-16-26(36)33-20-8-5-7-19(31)14-20/h5,7-15H,3-4,6,16H2,1-2H3,(H,33,36). The third-order valence-electron chi connectivity index (χ3n) is 5.46. The van der Waals surface area contributed by atoms with E-state index in [1.807, 2.05) is 13.0 Å². The molecule has 0 saturated carbocycles. The van der Waals surface area contributed by atoms with Crippen molar-refractivity contribution in [3.63, 3.8) is 0 Å². The molecule has 0 unspecified atom stereocenters. The van der Waals surface area contributed by atoms with E-state index in [-0.39, 0.29) is 22.9 Å². The number of halogens is 3. The molecule has 4 aromatic rings. The Kier molecular flexibility index (Phi) is 9.32. The van der Waals surface area contributed by atoms with Crippen LogP contribution in [0.25, 0.3) is 10.9 Å². The van der Waals surface area contributed by atoms with E-state index >= 15 is 0 Å². The van der Waals surface area contributed by atoms with E-state index in [0.717, 1.165) is 10.9 Å². The van der Waals surface area contributed by atoms with Gasteiger partial charge in [-0.25, -0.2) is 9.37 Å². The van der Waals surface area contributed by atoms with Crippen molar-refractivity contribution >= 4 is 56.2 Å². The fourth-order valence-corrected chi connectivity index (χ4v) is 4.42. The van der Waals surface area contributed by atoms with E-state index in [1.165, 1.54) is 29.1 Å². The van der Waals surface area contributed by atoms with Crippen LogP contribution >= 0.6 is 27.5 Å². The Morgan fingerprint density at radius 3 is 2.74 bits per heavy atom. The first kappa shape index (κ1) is 28.3. The number of aryl methyl sites for hydroxylation is 1. The molecule has 1 N–H and O–H groups in total. The minimum Gasteiger partial charge on any atom is -0.490 e. The number of rotatable bonds is 10. The fourth-order valence-electron chi connectivity index (χ4n) is 3.79. The number of nitrogens with zero attached hydrogens (tertiary/aromatic N) is 3. The van der Waals surface area contributed by atoms with Crippen LogP contribution in [0.1, 0.15) is 31.7 Å². The molecular formula is C28H25BrClFN4O4. The van der Waals surface area contributed by atoms with Crippen LogP contribution in [-0.2, 0) is 11.2 Å². The zero-order chi connectivity index (χ0) is 27.9. The molecule has 0 atom stereocenters. The van der Waals surface area contributed by atoms with Crippen LogP contribution in [0, 0.1) is 5.82 Å². The molecule has 8 nitrogen and oxygen atoms in total. The first-order chi connectivity index (χ1) is 18.8. The maximum absolute atomic E-state index is 13.4. The van der Waals surface area contributed by atoms with E-state index in [1.54, 1.807) is 37.3 Å². The highest BCUT2D eigenvalue weighted by Gasteiger charge is 2.15. The first-order valence-corrected chi connectivity index (χ1v) is 13.4. The molecule has 1 aromatic heterocycles. The van der Waals surface area contributed by atoms with Gasteiger partial charge in [0, 0.05) is 16.6 Å². The lowest BCUT2D eigenvalue weighted by molar-refractivity contribution is -0.118. The Morgan fingerprint density at radius 1 is 1.18 bits per heavy atom. The number of aromatic nitrogens is 2. The second-order valence-electron chi connectivity index (χ2n) is 8.41. The summed E-state index contributed by atoms with van der Waals surface area (Å²) in [7, 11) is 0. The average Bonchev–Trinajstić information content (AvgIpc) is 2.89. The number of hydrogen-bond donors (Lipinski definition) is 1. The van der Waals surface area contributed by atoms with E-state index in [4.69, 9.17) is 21.1 Å². The van der Waals surface area contributed by atoms with Gasteiger partial charge in [-0.05, 0) is 67.4 Å². The lowest BCUT2D eigenvalue weighted by atomic mass is 10.2. The molecule has 4 rings (SSSR count). The maximum Gasteiger partial charge on any atom is 0.282 e. The number of amides is 1. The summed E-state index contributed by atoms with van der Waals surface area (Å²) in [4.78, 5) is 30.2. The van der Waals surface area contributed by atoms with Crippen molar-refractivity contribution in [2.45, 2.75) is 26.7 Å². The third kappa shape index (κ3) is 7.01. The summed E-state index contributed by atoms with van der Waals surface area (Å²) in [5, 5.41) is 7.61. The van der Waals surface area contributed by atoms with Gasteiger partial charge in [-0.1, -0.05) is 40.5 Å². The number of anilines is 1. The van der Waals surface area contributed by atoms with Crippen molar-refractivity contribution in [3.05, 3.63) is 91.7 Å². The van der Waals surface area contributed by atoms with Gasteiger partial charge in [0.15, 0.2) is 18.1 Å². The topological polar surface area (TPSA) is 94.8 Å². The number of benzene rings is 3. The molecule has 0 saturated heterocycles. The Bertz CT molecular complexity index is 1610. The number of nitrogens with one attached hydrogen (secondary N) is 1. The fraction of sp³-hybridized carbons (Fsp3) is 0.214. The van der Waals surface area contributed by atoms with E-state index < -0.39 is 11.7 Å². The second kappa shape index (κ2) is 12.9. The molecule has 0 radical (unpaired) electrons. The predicted molar refractivity (Wildman–Crippen MR) is 154 cm³/mol. The summed E-state index contributed by atoms with van der Waals surface area (Å²) in [5.74, 6) is 0.0406. The van der Waals surface area contributed by atoms with Gasteiger partial charge >= 0.3 is 0 Å². The molecule has 1 amide bonds. The van der Waals surface area contributed by atoms with Gasteiger partial charge in [0.05, 0.1) is 28.7 Å². The third-order valence-corrected chi connectivity index (χ3v) is 6.23. The summed E-state index contributed by atoms with van der Waals surface area (Å²) in [6.07, 6.45) is 2.83. The van der Waals surface area contributed by atoms with Crippen LogP contribution in [0.4, 0.5) is 10.1 Å². The largest absolute Gasteiger partial charge is 0.490 e. The molecule has 1 heterocycles. The zero-order valence-corrected chi connectivity index (χ0v) is 23.6. The van der Waals surface area contributed by atoms with Crippen LogP contribution in [-0.4, -0.2) is 35.0 Å². The Morgan fingerprint density at radius 2 is 2.00 bits per heavy atom. The average molecular weight is 616 g/mol. The van der Waals surface area contributed by atoms with Gasteiger partial charge in [0.1, 0.15) is 11.6 Å². The highest BCUT2D eigenvalue weighted by Crippen LogP contribution is 2.36. The van der Waals surface area contributed by atoms with Crippen LogP contribution in [0.3, 0.4) is 0 Å². The molecule has 39 heavy (non-hydrogen) atoms. The van der Waals surface area contributed by atoms with Crippen molar-refractivity contribution in [2.75, 3.05) is 18.5 Å². The predicted octanol–water partition coefficient (Wildman–Crippen LogP) is 6.20. The van der Waals surface area contributed by atoms with Gasteiger partial charge in [-0.15, -0.1) is 0 Å². The first-order valence-electron chi connectivity index (χ1n) is 12.2. The number of fused-ring (bicyclic) bond motifs is 1. The molecule has 0 bridgehead atoms. The van der Waals surface area contributed by atoms with Gasteiger partial charge in [-0.3, -0.25) is 9.59 Å². The van der Waals surface area contributed by atoms with Crippen molar-refractivity contribution < 1.29 is 18.7 Å². The van der Waals surface area contributed by atoms with Crippen molar-refractivity contribution in [1.29, 1.82) is 0 Å². The minimum atomic E-state index is -0.497. The molecule has 0 aliphatic heterocycles. The number of ether oxygens (including phenoxy) is 2. The molecule has 202 valence electrons. The highest BCUT2D eigenvalue weighted by molar-refractivity contribution is 9.10. The van der Waals surface area contributed by atoms with Crippen LogP contribution in [0.15, 0.2) is 69.0 Å². The van der Waals surface area contributed by atoms with Gasteiger partial charge in [-0.2, -0.15) is 9.78 Å². The minimum absolute atomic E-state index is 0.172. The number of carbonyl (C=O) groups is 1. The Balaban J connectivity index is 1.60. The van der Waals surface area contributed by atoms with Gasteiger partial charge in [0.2, 0.25) is 0 Å². The highest BCUT2D eigenvalue weighted by atomic mass is 79.9. The van der Waals surface area contributed by atoms with Gasteiger partial charge in [0.25, 0.3) is 11.5 Å². The Hall–Kier alpha value is -3.76. The van der Waals surface area contributed by atoms with Crippen molar-refractivity contribution in [2.24, 2.45) is 5.10 Å². The summed E-state index contributed by atoms with van der Waals surface area (Å²) in [6, 6.07) is 14.1. The number of hydrogen-bond acceptors (Lipinski definition) is 6. The molecule has 0 fully saturated rings. The smallest absolute Gasteiger partial charge is 0.282 e. The molecular weight excluding hydrogens is 591 g/mol. The number of carbonyl (C=O) groups excluding carboxylic acids is 1. The molecule has 0 aliphatic carbocycles. The molecule has 0 spiro atoms. The lowest BCUT2D eigenvalue weighted by Crippen LogP contribution is -2.22. The van der Waals surface area contributed by atoms with Crippen molar-refractivity contribution in [3.8, 4) is 11.5 Å². The van der Waals surface area contributed by atoms with Crippen LogP contribution in [0.2, 0.25) is 5.02 Å². The summed E-state index contributed by atoms with van der Waals surface area (Å²) in [5.41, 5.74) is 1.16. The molecule has 11 heteroatoms. The normalized spacial score (nSPS) is 11.2. The van der Waals surface area contributed by atoms with E-state index in [9.17, 15) is 14.0 Å². The molecule has 3 aromatic carbocycles. The zero-order valence-electron chi connectivity index (χ0n) is 21.2. The van der Waals surface area contributed by atoms with E-state index in [0.29, 0.717) is 46.8 Å². The summed E-state index contributed by atoms with van der Waals surface area (Å²) >= 11 is 9.89. The monoisotopic (exact) mass is 614 g/mol. The Labute approximate surface area is 237 Å². The summed E-state index contributed by atoms with van der Waals surface area (Å²) in [6.45, 7) is 3.73. The van der Waals surface area contributed by atoms with Crippen LogP contribution in [0.5, 0.6) is 11.5 Å². The second-order valence-corrected chi connectivity index (χ2v) is 9.73. The lowest BCUT2D eigenvalue weighted by Gasteiger charge is -2.14. The SMILES string of the molecule is CCCc1nc2ccc(Br)cc2c(=O)n1N=Cc1cc(Cl)c(OCC(=O)Nc2cccc(F)c2)c(OCC)c1. The maximum atomic E-state index is 13.4. The molecule has 0 aliphatic rings.